The number of amides is 1. The Morgan fingerprint density at radius 2 is 1.77 bits per heavy atom. The summed E-state index contributed by atoms with van der Waals surface area (Å²) in [7, 11) is 3.26. The first kappa shape index (κ1) is 18.5. The van der Waals surface area contributed by atoms with E-state index in [4.69, 9.17) is 9.47 Å². The second-order valence-corrected chi connectivity index (χ2v) is 7.28. The molecule has 0 radical (unpaired) electrons. The Balaban J connectivity index is 2.17. The Kier molecular flexibility index (Phi) is 5.68. The Bertz CT molecular complexity index is 1000. The van der Waals surface area contributed by atoms with Gasteiger partial charge in [-0.2, -0.15) is 4.99 Å². The molecule has 7 heteroatoms. The number of nitrogens with zero attached hydrogens (tertiary/aromatic N) is 2. The minimum Gasteiger partial charge on any atom is -0.495 e. The zero-order valence-corrected chi connectivity index (χ0v) is 16.7. The zero-order chi connectivity index (χ0) is 18.7. The molecule has 0 aliphatic rings. The minimum absolute atomic E-state index is 0.260. The van der Waals surface area contributed by atoms with E-state index in [9.17, 15) is 4.79 Å². The van der Waals surface area contributed by atoms with Crippen molar-refractivity contribution in [3.8, 4) is 11.5 Å². The number of carbonyl (C=O) groups excluding carboxylic acids is 1. The Morgan fingerprint density at radius 1 is 1.12 bits per heavy atom. The summed E-state index contributed by atoms with van der Waals surface area (Å²) in [6.45, 7) is 2.68. The number of hydrogen-bond acceptors (Lipinski definition) is 5. The lowest BCUT2D eigenvalue weighted by molar-refractivity contribution is 0.0998. The molecule has 3 rings (SSSR count). The molecule has 1 amide bonds. The number of ether oxygens (including phenoxy) is 2. The van der Waals surface area contributed by atoms with Crippen LogP contribution >= 0.6 is 23.1 Å². The van der Waals surface area contributed by atoms with Crippen molar-refractivity contribution in [3.63, 3.8) is 0 Å². The highest BCUT2D eigenvalue weighted by Crippen LogP contribution is 2.35. The van der Waals surface area contributed by atoms with E-state index in [1.165, 1.54) is 11.3 Å². The van der Waals surface area contributed by atoms with Gasteiger partial charge in [-0.3, -0.25) is 4.79 Å². The topological polar surface area (TPSA) is 52.8 Å². The Hall–Kier alpha value is -2.25. The van der Waals surface area contributed by atoms with Gasteiger partial charge in [0.1, 0.15) is 21.7 Å². The first-order chi connectivity index (χ1) is 12.6. The van der Waals surface area contributed by atoms with Gasteiger partial charge in [-0.25, -0.2) is 0 Å². The summed E-state index contributed by atoms with van der Waals surface area (Å²) in [6.07, 6.45) is 2.00. The molecular formula is C19H20N2O3S2. The highest BCUT2D eigenvalue weighted by atomic mass is 32.2. The first-order valence-corrected chi connectivity index (χ1v) is 10.1. The molecule has 0 N–H and O–H groups in total. The average molecular weight is 389 g/mol. The van der Waals surface area contributed by atoms with Gasteiger partial charge in [0.2, 0.25) is 0 Å². The maximum absolute atomic E-state index is 12.6. The van der Waals surface area contributed by atoms with Crippen LogP contribution in [0.5, 0.6) is 11.5 Å². The largest absolute Gasteiger partial charge is 0.495 e. The van der Waals surface area contributed by atoms with E-state index < -0.39 is 0 Å². The zero-order valence-electron chi connectivity index (χ0n) is 15.1. The predicted molar refractivity (Wildman–Crippen MR) is 107 cm³/mol. The van der Waals surface area contributed by atoms with Gasteiger partial charge < -0.3 is 14.0 Å². The van der Waals surface area contributed by atoms with Crippen LogP contribution in [0.25, 0.3) is 10.2 Å². The summed E-state index contributed by atoms with van der Waals surface area (Å²) in [5.41, 5.74) is 1.46. The molecule has 26 heavy (non-hydrogen) atoms. The summed E-state index contributed by atoms with van der Waals surface area (Å²) in [4.78, 5) is 18.7. The standard InChI is InChI=1S/C19H20N2O3S2/c1-5-21-16-14(23-2)10-11-15(24-3)17(16)26-19(21)20-18(22)12-6-8-13(25-4)9-7-12/h6-11H,5H2,1-4H3. The number of methoxy groups -OCH3 is 2. The molecule has 1 aromatic heterocycles. The van der Waals surface area contributed by atoms with Crippen molar-refractivity contribution < 1.29 is 14.3 Å². The monoisotopic (exact) mass is 388 g/mol. The summed E-state index contributed by atoms with van der Waals surface area (Å²) in [5.74, 6) is 1.22. The molecule has 0 aliphatic heterocycles. The molecule has 3 aromatic rings. The van der Waals surface area contributed by atoms with Crippen LogP contribution in [-0.4, -0.2) is 30.9 Å². The summed E-state index contributed by atoms with van der Waals surface area (Å²) in [5, 5.41) is 0. The molecule has 5 nitrogen and oxygen atoms in total. The molecular weight excluding hydrogens is 368 g/mol. The van der Waals surface area contributed by atoms with Crippen LogP contribution in [0.1, 0.15) is 17.3 Å². The molecule has 1 heterocycles. The number of fused-ring (bicyclic) bond motifs is 1. The van der Waals surface area contributed by atoms with E-state index in [0.29, 0.717) is 16.9 Å². The lowest BCUT2D eigenvalue weighted by Crippen LogP contribution is -2.16. The maximum Gasteiger partial charge on any atom is 0.279 e. The van der Waals surface area contributed by atoms with Crippen molar-refractivity contribution >= 4 is 39.2 Å². The summed E-state index contributed by atoms with van der Waals surface area (Å²) < 4.78 is 13.9. The third-order valence-electron chi connectivity index (χ3n) is 4.04. The molecule has 0 spiro atoms. The SMILES string of the molecule is CCn1c(=NC(=O)c2ccc(SC)cc2)sc2c(OC)ccc(OC)c21. The normalized spacial score (nSPS) is 11.8. The second kappa shape index (κ2) is 7.97. The molecule has 2 aromatic carbocycles. The van der Waals surface area contributed by atoms with Crippen LogP contribution < -0.4 is 14.3 Å². The van der Waals surface area contributed by atoms with E-state index in [1.54, 1.807) is 26.0 Å². The van der Waals surface area contributed by atoms with Crippen molar-refractivity contribution in [2.45, 2.75) is 18.4 Å². The third kappa shape index (κ3) is 3.37. The molecule has 0 unspecified atom stereocenters. The van der Waals surface area contributed by atoms with Gasteiger partial charge >= 0.3 is 0 Å². The molecule has 0 aliphatic carbocycles. The molecule has 0 saturated heterocycles. The van der Waals surface area contributed by atoms with Crippen LogP contribution in [-0.2, 0) is 6.54 Å². The van der Waals surface area contributed by atoms with E-state index >= 15 is 0 Å². The van der Waals surface area contributed by atoms with Gasteiger partial charge in [0.15, 0.2) is 4.80 Å². The molecule has 0 bridgehead atoms. The highest BCUT2D eigenvalue weighted by Gasteiger charge is 2.16. The summed E-state index contributed by atoms with van der Waals surface area (Å²) >= 11 is 3.06. The summed E-state index contributed by atoms with van der Waals surface area (Å²) in [6, 6.07) is 11.2. The lowest BCUT2D eigenvalue weighted by Gasteiger charge is -2.08. The predicted octanol–water partition coefficient (Wildman–Crippen LogP) is 4.20. The average Bonchev–Trinajstić information content (AvgIpc) is 3.05. The fourth-order valence-corrected chi connectivity index (χ4v) is 4.33. The van der Waals surface area contributed by atoms with Crippen LogP contribution in [0.3, 0.4) is 0 Å². The number of aryl methyl sites for hydroxylation is 1. The van der Waals surface area contributed by atoms with Crippen LogP contribution in [0.4, 0.5) is 0 Å². The van der Waals surface area contributed by atoms with Gasteiger partial charge in [-0.15, -0.1) is 11.8 Å². The van der Waals surface area contributed by atoms with Gasteiger partial charge in [-0.05, 0) is 49.6 Å². The fourth-order valence-electron chi connectivity index (χ4n) is 2.72. The molecule has 0 fully saturated rings. The number of hydrogen-bond donors (Lipinski definition) is 0. The number of aromatic nitrogens is 1. The number of thiazole rings is 1. The molecule has 136 valence electrons. The van der Waals surface area contributed by atoms with Crippen LogP contribution in [0, 0.1) is 0 Å². The van der Waals surface area contributed by atoms with Crippen molar-refractivity contribution in [2.24, 2.45) is 4.99 Å². The number of rotatable bonds is 5. The minimum atomic E-state index is -0.260. The molecule has 0 atom stereocenters. The molecule has 0 saturated carbocycles. The lowest BCUT2D eigenvalue weighted by atomic mass is 10.2. The quantitative estimate of drug-likeness (QED) is 0.615. The van der Waals surface area contributed by atoms with Crippen molar-refractivity contribution in [3.05, 3.63) is 46.8 Å². The maximum atomic E-state index is 12.6. The van der Waals surface area contributed by atoms with Gasteiger partial charge in [0, 0.05) is 17.0 Å². The van der Waals surface area contributed by atoms with Crippen LogP contribution in [0.2, 0.25) is 0 Å². The van der Waals surface area contributed by atoms with Gasteiger partial charge in [0.05, 0.1) is 14.2 Å². The van der Waals surface area contributed by atoms with Gasteiger partial charge in [0.25, 0.3) is 5.91 Å². The smallest absolute Gasteiger partial charge is 0.279 e. The van der Waals surface area contributed by atoms with Crippen molar-refractivity contribution in [2.75, 3.05) is 20.5 Å². The highest BCUT2D eigenvalue weighted by molar-refractivity contribution is 7.98. The van der Waals surface area contributed by atoms with E-state index in [2.05, 4.69) is 4.99 Å². The van der Waals surface area contributed by atoms with Crippen molar-refractivity contribution in [1.29, 1.82) is 0 Å². The Morgan fingerprint density at radius 3 is 2.35 bits per heavy atom. The van der Waals surface area contributed by atoms with Crippen LogP contribution in [0.15, 0.2) is 46.3 Å². The Labute approximate surface area is 160 Å². The van der Waals surface area contributed by atoms with Crippen molar-refractivity contribution in [1.82, 2.24) is 4.57 Å². The first-order valence-electron chi connectivity index (χ1n) is 8.10. The van der Waals surface area contributed by atoms with E-state index in [1.807, 2.05) is 54.1 Å². The van der Waals surface area contributed by atoms with E-state index in [0.717, 1.165) is 26.6 Å². The number of thioether (sulfide) groups is 1. The second-order valence-electron chi connectivity index (χ2n) is 5.42. The fraction of sp³-hybridized carbons (Fsp3) is 0.263. The number of benzene rings is 2. The van der Waals surface area contributed by atoms with Gasteiger partial charge in [-0.1, -0.05) is 11.3 Å². The number of carbonyl (C=O) groups is 1. The third-order valence-corrected chi connectivity index (χ3v) is 5.88. The van der Waals surface area contributed by atoms with E-state index in [-0.39, 0.29) is 5.91 Å².